The molecule has 0 saturated carbocycles. The van der Waals surface area contributed by atoms with E-state index in [1.807, 2.05) is 5.32 Å². The molecule has 1 rings (SSSR count). The van der Waals surface area contributed by atoms with Crippen LogP contribution in [0.2, 0.25) is 0 Å². The normalized spacial score (nSPS) is 12.6. The first-order valence-electron chi connectivity index (χ1n) is 5.41. The number of nitrogens with one attached hydrogen (secondary N) is 1. The van der Waals surface area contributed by atoms with Crippen molar-refractivity contribution < 1.29 is 37.0 Å². The fourth-order valence-electron chi connectivity index (χ4n) is 1.54. The topological polar surface area (TPSA) is 102 Å². The average molecular weight is 310 g/mol. The lowest BCUT2D eigenvalue weighted by atomic mass is 10.0. The number of carbonyl (C=O) groups is 2. The van der Waals surface area contributed by atoms with Crippen molar-refractivity contribution in [3.63, 3.8) is 0 Å². The summed E-state index contributed by atoms with van der Waals surface area (Å²) < 4.78 is 52.9. The van der Waals surface area contributed by atoms with E-state index in [4.69, 9.17) is 10.8 Å². The SMILES string of the molecule is NC(=O)CC(NC(=O)O)c1ccc(OC(F)(F)F)c(F)c1. The van der Waals surface area contributed by atoms with Crippen LogP contribution in [0.25, 0.3) is 0 Å². The van der Waals surface area contributed by atoms with E-state index in [1.165, 1.54) is 0 Å². The highest BCUT2D eigenvalue weighted by Crippen LogP contribution is 2.28. The van der Waals surface area contributed by atoms with Crippen LogP contribution in [0.4, 0.5) is 22.4 Å². The lowest BCUT2D eigenvalue weighted by Gasteiger charge is -2.17. The maximum absolute atomic E-state index is 13.5. The Morgan fingerprint density at radius 3 is 2.43 bits per heavy atom. The summed E-state index contributed by atoms with van der Waals surface area (Å²) in [6.07, 6.45) is -7.04. The van der Waals surface area contributed by atoms with Gasteiger partial charge in [0.25, 0.3) is 0 Å². The van der Waals surface area contributed by atoms with Gasteiger partial charge in [0.2, 0.25) is 5.91 Å². The number of ether oxygens (including phenoxy) is 1. The summed E-state index contributed by atoms with van der Waals surface area (Å²) in [4.78, 5) is 21.4. The second kappa shape index (κ2) is 6.29. The second-order valence-corrected chi connectivity index (χ2v) is 3.91. The third-order valence-electron chi connectivity index (χ3n) is 2.29. The van der Waals surface area contributed by atoms with Gasteiger partial charge in [-0.25, -0.2) is 9.18 Å². The molecule has 0 aliphatic heterocycles. The molecule has 0 radical (unpaired) electrons. The van der Waals surface area contributed by atoms with E-state index in [0.717, 1.165) is 6.07 Å². The summed E-state index contributed by atoms with van der Waals surface area (Å²) >= 11 is 0. The van der Waals surface area contributed by atoms with Gasteiger partial charge in [0, 0.05) is 0 Å². The second-order valence-electron chi connectivity index (χ2n) is 3.91. The van der Waals surface area contributed by atoms with Crippen LogP contribution in [0, 0.1) is 5.82 Å². The fourth-order valence-corrected chi connectivity index (χ4v) is 1.54. The quantitative estimate of drug-likeness (QED) is 0.723. The highest BCUT2D eigenvalue weighted by Gasteiger charge is 2.32. The van der Waals surface area contributed by atoms with Gasteiger partial charge in [-0.15, -0.1) is 13.2 Å². The van der Waals surface area contributed by atoms with Crippen molar-refractivity contribution in [2.24, 2.45) is 5.73 Å². The Balaban J connectivity index is 3.02. The van der Waals surface area contributed by atoms with E-state index >= 15 is 0 Å². The minimum absolute atomic E-state index is 0.0665. The van der Waals surface area contributed by atoms with Gasteiger partial charge in [0.05, 0.1) is 12.5 Å². The minimum Gasteiger partial charge on any atom is -0.465 e. The van der Waals surface area contributed by atoms with Gasteiger partial charge >= 0.3 is 12.5 Å². The summed E-state index contributed by atoms with van der Waals surface area (Å²) in [7, 11) is 0. The van der Waals surface area contributed by atoms with Crippen molar-refractivity contribution in [3.8, 4) is 5.75 Å². The fraction of sp³-hybridized carbons (Fsp3) is 0.273. The van der Waals surface area contributed by atoms with Crippen LogP contribution >= 0.6 is 0 Å². The van der Waals surface area contributed by atoms with E-state index in [-0.39, 0.29) is 5.56 Å². The lowest BCUT2D eigenvalue weighted by molar-refractivity contribution is -0.275. The van der Waals surface area contributed by atoms with Gasteiger partial charge in [-0.1, -0.05) is 6.07 Å². The first-order chi connectivity index (χ1) is 9.58. The maximum Gasteiger partial charge on any atom is 0.573 e. The number of carbonyl (C=O) groups excluding carboxylic acids is 1. The molecule has 10 heteroatoms. The summed E-state index contributed by atoms with van der Waals surface area (Å²) in [5.41, 5.74) is 4.85. The molecule has 4 N–H and O–H groups in total. The Bertz CT molecular complexity index is 532. The number of alkyl halides is 3. The highest BCUT2D eigenvalue weighted by atomic mass is 19.4. The number of rotatable bonds is 5. The standard InChI is InChI=1S/C11H10F4N2O4/c12-6-3-5(1-2-8(6)21-11(13,14)15)7(4-9(16)18)17-10(19)20/h1-3,7,17H,4H2,(H2,16,18)(H,19,20). The van der Waals surface area contributed by atoms with Gasteiger partial charge in [-0.2, -0.15) is 0 Å². The van der Waals surface area contributed by atoms with Crippen LogP contribution in [0.15, 0.2) is 18.2 Å². The van der Waals surface area contributed by atoms with Gasteiger partial charge in [0.15, 0.2) is 11.6 Å². The Labute approximate surface area is 115 Å². The molecular weight excluding hydrogens is 300 g/mol. The first kappa shape index (κ1) is 16.5. The van der Waals surface area contributed by atoms with Crippen molar-refractivity contribution in [3.05, 3.63) is 29.6 Å². The molecule has 21 heavy (non-hydrogen) atoms. The molecule has 1 aromatic carbocycles. The maximum atomic E-state index is 13.5. The van der Waals surface area contributed by atoms with E-state index in [1.54, 1.807) is 0 Å². The Kier molecular flexibility index (Phi) is 4.95. The van der Waals surface area contributed by atoms with Crippen LogP contribution < -0.4 is 15.8 Å². The summed E-state index contributed by atoms with van der Waals surface area (Å²) in [6.45, 7) is 0. The Hall–Kier alpha value is -2.52. The zero-order valence-corrected chi connectivity index (χ0v) is 10.3. The molecule has 0 fully saturated rings. The predicted octanol–water partition coefficient (Wildman–Crippen LogP) is 1.91. The third-order valence-corrected chi connectivity index (χ3v) is 2.29. The Morgan fingerprint density at radius 1 is 1.38 bits per heavy atom. The van der Waals surface area contributed by atoms with Gasteiger partial charge in [-0.05, 0) is 17.7 Å². The molecular formula is C11H10F4N2O4. The van der Waals surface area contributed by atoms with Crippen LogP contribution in [0.3, 0.4) is 0 Å². The van der Waals surface area contributed by atoms with Gasteiger partial charge < -0.3 is 20.9 Å². The number of hydrogen-bond donors (Lipinski definition) is 3. The number of primary amides is 1. The molecule has 0 aromatic heterocycles. The molecule has 0 aliphatic carbocycles. The molecule has 0 spiro atoms. The summed E-state index contributed by atoms with van der Waals surface area (Å²) in [5.74, 6) is -3.30. The molecule has 6 nitrogen and oxygen atoms in total. The first-order valence-corrected chi connectivity index (χ1v) is 5.41. The van der Waals surface area contributed by atoms with Crippen LogP contribution in [0.1, 0.15) is 18.0 Å². The number of halogens is 4. The van der Waals surface area contributed by atoms with Gasteiger partial charge in [-0.3, -0.25) is 4.79 Å². The predicted molar refractivity (Wildman–Crippen MR) is 60.8 cm³/mol. The summed E-state index contributed by atoms with van der Waals surface area (Å²) in [5, 5.41) is 10.5. The third kappa shape index (κ3) is 5.55. The largest absolute Gasteiger partial charge is 0.573 e. The molecule has 116 valence electrons. The van der Waals surface area contributed by atoms with E-state index in [9.17, 15) is 27.2 Å². The zero-order chi connectivity index (χ0) is 16.2. The Morgan fingerprint density at radius 2 is 2.00 bits per heavy atom. The van der Waals surface area contributed by atoms with Crippen molar-refractivity contribution in [1.82, 2.24) is 5.32 Å². The van der Waals surface area contributed by atoms with Gasteiger partial charge in [0.1, 0.15) is 0 Å². The monoisotopic (exact) mass is 310 g/mol. The van der Waals surface area contributed by atoms with Crippen molar-refractivity contribution in [2.75, 3.05) is 0 Å². The van der Waals surface area contributed by atoms with Crippen molar-refractivity contribution >= 4 is 12.0 Å². The molecule has 2 amide bonds. The molecule has 0 bridgehead atoms. The number of hydrogen-bond acceptors (Lipinski definition) is 3. The molecule has 0 aliphatic rings. The van der Waals surface area contributed by atoms with E-state index < -0.39 is 42.4 Å². The highest BCUT2D eigenvalue weighted by molar-refractivity contribution is 5.76. The molecule has 1 aromatic rings. The number of carboxylic acid groups (broad SMARTS) is 1. The number of benzene rings is 1. The number of amides is 2. The molecule has 0 saturated heterocycles. The smallest absolute Gasteiger partial charge is 0.465 e. The minimum atomic E-state index is -5.06. The van der Waals surface area contributed by atoms with Crippen LogP contribution in [0.5, 0.6) is 5.75 Å². The van der Waals surface area contributed by atoms with E-state index in [2.05, 4.69) is 4.74 Å². The summed E-state index contributed by atoms with van der Waals surface area (Å²) in [6, 6.07) is 1.11. The zero-order valence-electron chi connectivity index (χ0n) is 10.3. The molecule has 1 atom stereocenters. The lowest BCUT2D eigenvalue weighted by Crippen LogP contribution is -2.30. The van der Waals surface area contributed by atoms with E-state index in [0.29, 0.717) is 12.1 Å². The van der Waals surface area contributed by atoms with Crippen molar-refractivity contribution in [1.29, 1.82) is 0 Å². The molecule has 0 heterocycles. The van der Waals surface area contributed by atoms with Crippen LogP contribution in [-0.2, 0) is 4.79 Å². The average Bonchev–Trinajstić information content (AvgIpc) is 2.28. The van der Waals surface area contributed by atoms with Crippen LogP contribution in [-0.4, -0.2) is 23.5 Å². The molecule has 1 unspecified atom stereocenters. The number of nitrogens with two attached hydrogens (primary N) is 1. The van der Waals surface area contributed by atoms with Crippen molar-refractivity contribution in [2.45, 2.75) is 18.8 Å².